The van der Waals surface area contributed by atoms with Crippen molar-refractivity contribution in [2.45, 2.75) is 13.3 Å². The van der Waals surface area contributed by atoms with Crippen molar-refractivity contribution < 1.29 is 14.3 Å². The Balaban J connectivity index is 1.27. The molecule has 2 aliphatic rings. The van der Waals surface area contributed by atoms with Gasteiger partial charge in [-0.3, -0.25) is 4.79 Å². The van der Waals surface area contributed by atoms with Crippen LogP contribution in [0.5, 0.6) is 11.5 Å². The summed E-state index contributed by atoms with van der Waals surface area (Å²) < 4.78 is 10.7. The molecule has 1 aromatic carbocycles. The summed E-state index contributed by atoms with van der Waals surface area (Å²) in [6.07, 6.45) is 11.8. The smallest absolute Gasteiger partial charge is 0.246 e. The monoisotopic (exact) mass is 392 g/mol. The van der Waals surface area contributed by atoms with Crippen molar-refractivity contribution in [1.29, 1.82) is 0 Å². The van der Waals surface area contributed by atoms with Gasteiger partial charge in [0.2, 0.25) is 18.6 Å². The van der Waals surface area contributed by atoms with Crippen molar-refractivity contribution in [2.75, 3.05) is 37.9 Å². The Bertz CT molecular complexity index is 916. The standard InChI is InChI=1S/C22H24N4O3/c1-2-17-14-23-22(24-15-17)26-11-9-25(10-12-26)21(27)6-4-3-5-18-7-8-19-20(13-18)29-16-28-19/h3-8,13-15H,2,9-12,16H2,1H3. The van der Waals surface area contributed by atoms with Crippen LogP contribution in [0.15, 0.2) is 48.8 Å². The summed E-state index contributed by atoms with van der Waals surface area (Å²) in [5.74, 6) is 2.26. The highest BCUT2D eigenvalue weighted by molar-refractivity contribution is 5.88. The minimum Gasteiger partial charge on any atom is -0.454 e. The van der Waals surface area contributed by atoms with E-state index >= 15 is 0 Å². The molecule has 4 rings (SSSR count). The van der Waals surface area contributed by atoms with E-state index in [9.17, 15) is 4.79 Å². The van der Waals surface area contributed by atoms with Gasteiger partial charge in [-0.1, -0.05) is 31.2 Å². The van der Waals surface area contributed by atoms with E-state index in [1.54, 1.807) is 12.2 Å². The van der Waals surface area contributed by atoms with Gasteiger partial charge in [-0.15, -0.1) is 0 Å². The second kappa shape index (κ2) is 8.77. The molecule has 0 atom stereocenters. The van der Waals surface area contributed by atoms with Crippen LogP contribution >= 0.6 is 0 Å². The number of aryl methyl sites for hydroxylation is 1. The second-order valence-electron chi connectivity index (χ2n) is 6.89. The van der Waals surface area contributed by atoms with Crippen molar-refractivity contribution in [3.63, 3.8) is 0 Å². The third-order valence-electron chi connectivity index (χ3n) is 5.01. The van der Waals surface area contributed by atoms with Crippen LogP contribution in [0.2, 0.25) is 0 Å². The second-order valence-corrected chi connectivity index (χ2v) is 6.89. The zero-order valence-corrected chi connectivity index (χ0v) is 16.5. The third kappa shape index (κ3) is 4.56. The van der Waals surface area contributed by atoms with Gasteiger partial charge in [0, 0.05) is 44.6 Å². The van der Waals surface area contributed by atoms with E-state index in [0.717, 1.165) is 48.1 Å². The molecule has 1 aromatic heterocycles. The lowest BCUT2D eigenvalue weighted by Gasteiger charge is -2.34. The maximum absolute atomic E-state index is 12.4. The van der Waals surface area contributed by atoms with Crippen LogP contribution in [-0.2, 0) is 11.2 Å². The average molecular weight is 392 g/mol. The summed E-state index contributed by atoms with van der Waals surface area (Å²) in [6, 6.07) is 5.76. The molecular formula is C22H24N4O3. The number of rotatable bonds is 5. The van der Waals surface area contributed by atoms with Crippen LogP contribution in [0, 0.1) is 0 Å². The highest BCUT2D eigenvalue weighted by Gasteiger charge is 2.21. The Kier molecular flexibility index (Phi) is 5.74. The Labute approximate surface area is 170 Å². The minimum absolute atomic E-state index is 0.0160. The summed E-state index contributed by atoms with van der Waals surface area (Å²) in [4.78, 5) is 25.2. The van der Waals surface area contributed by atoms with Crippen LogP contribution in [0.1, 0.15) is 18.1 Å². The molecular weight excluding hydrogens is 368 g/mol. The molecule has 7 heteroatoms. The predicted molar refractivity (Wildman–Crippen MR) is 111 cm³/mol. The van der Waals surface area contributed by atoms with Gasteiger partial charge in [-0.05, 0) is 29.7 Å². The van der Waals surface area contributed by atoms with Crippen LogP contribution in [0.4, 0.5) is 5.95 Å². The molecule has 29 heavy (non-hydrogen) atoms. The fraction of sp³-hybridized carbons (Fsp3) is 0.318. The fourth-order valence-corrected chi connectivity index (χ4v) is 3.25. The molecule has 150 valence electrons. The summed E-state index contributed by atoms with van der Waals surface area (Å²) in [5.41, 5.74) is 2.12. The number of aromatic nitrogens is 2. The first-order valence-corrected chi connectivity index (χ1v) is 9.82. The van der Waals surface area contributed by atoms with Gasteiger partial charge in [-0.25, -0.2) is 9.97 Å². The maximum Gasteiger partial charge on any atom is 0.246 e. The number of fused-ring (bicyclic) bond motifs is 1. The van der Waals surface area contributed by atoms with Gasteiger partial charge in [0.15, 0.2) is 11.5 Å². The van der Waals surface area contributed by atoms with E-state index in [0.29, 0.717) is 13.1 Å². The van der Waals surface area contributed by atoms with Crippen LogP contribution in [0.3, 0.4) is 0 Å². The molecule has 1 amide bonds. The van der Waals surface area contributed by atoms with Gasteiger partial charge in [0.1, 0.15) is 0 Å². The first kappa shape index (κ1) is 19.0. The van der Waals surface area contributed by atoms with Gasteiger partial charge < -0.3 is 19.3 Å². The van der Waals surface area contributed by atoms with E-state index < -0.39 is 0 Å². The van der Waals surface area contributed by atoms with Gasteiger partial charge in [-0.2, -0.15) is 0 Å². The molecule has 7 nitrogen and oxygen atoms in total. The van der Waals surface area contributed by atoms with Crippen LogP contribution < -0.4 is 14.4 Å². The van der Waals surface area contributed by atoms with Crippen LogP contribution in [-0.4, -0.2) is 53.7 Å². The number of anilines is 1. The molecule has 0 aliphatic carbocycles. The Morgan fingerprint density at radius 2 is 1.83 bits per heavy atom. The first-order valence-electron chi connectivity index (χ1n) is 9.82. The summed E-state index contributed by atoms with van der Waals surface area (Å²) >= 11 is 0. The zero-order valence-electron chi connectivity index (χ0n) is 16.5. The Morgan fingerprint density at radius 3 is 2.59 bits per heavy atom. The SMILES string of the molecule is CCc1cnc(N2CCN(C(=O)C=CC=Cc3ccc4c(c3)OCO4)CC2)nc1. The number of amides is 1. The molecule has 2 aromatic rings. The van der Waals surface area contributed by atoms with Gasteiger partial charge in [0.25, 0.3) is 0 Å². The number of hydrogen-bond acceptors (Lipinski definition) is 6. The van der Waals surface area contributed by atoms with E-state index in [1.807, 2.05) is 47.6 Å². The molecule has 0 saturated carbocycles. The quantitative estimate of drug-likeness (QED) is 0.576. The predicted octanol–water partition coefficient (Wildman–Crippen LogP) is 2.69. The number of allylic oxidation sites excluding steroid dienone is 2. The number of ether oxygens (including phenoxy) is 2. The zero-order chi connectivity index (χ0) is 20.1. The average Bonchev–Trinajstić information content (AvgIpc) is 3.25. The number of piperazine rings is 1. The van der Waals surface area contributed by atoms with E-state index in [1.165, 1.54) is 0 Å². The van der Waals surface area contributed by atoms with E-state index in [4.69, 9.17) is 9.47 Å². The Morgan fingerprint density at radius 1 is 1.07 bits per heavy atom. The summed E-state index contributed by atoms with van der Waals surface area (Å²) in [7, 11) is 0. The Hall–Kier alpha value is -3.35. The van der Waals surface area contributed by atoms with Crippen molar-refractivity contribution in [3.05, 3.63) is 59.9 Å². The summed E-state index contributed by atoms with van der Waals surface area (Å²) in [6.45, 7) is 5.14. The maximum atomic E-state index is 12.4. The van der Waals surface area contributed by atoms with E-state index in [-0.39, 0.29) is 12.7 Å². The lowest BCUT2D eigenvalue weighted by Crippen LogP contribution is -2.48. The fourth-order valence-electron chi connectivity index (χ4n) is 3.25. The molecule has 0 spiro atoms. The minimum atomic E-state index is 0.0160. The molecule has 0 bridgehead atoms. The van der Waals surface area contributed by atoms with E-state index in [2.05, 4.69) is 21.8 Å². The largest absolute Gasteiger partial charge is 0.454 e. The van der Waals surface area contributed by atoms with Crippen molar-refractivity contribution in [1.82, 2.24) is 14.9 Å². The third-order valence-corrected chi connectivity index (χ3v) is 5.01. The lowest BCUT2D eigenvalue weighted by molar-refractivity contribution is -0.126. The number of nitrogens with zero attached hydrogens (tertiary/aromatic N) is 4. The summed E-state index contributed by atoms with van der Waals surface area (Å²) in [5, 5.41) is 0. The van der Waals surface area contributed by atoms with Gasteiger partial charge in [0.05, 0.1) is 0 Å². The number of carbonyl (C=O) groups excluding carboxylic acids is 1. The normalized spacial score (nSPS) is 16.2. The van der Waals surface area contributed by atoms with Gasteiger partial charge >= 0.3 is 0 Å². The molecule has 1 fully saturated rings. The van der Waals surface area contributed by atoms with Crippen LogP contribution in [0.25, 0.3) is 6.08 Å². The molecule has 0 radical (unpaired) electrons. The van der Waals surface area contributed by atoms with Crippen molar-refractivity contribution in [2.24, 2.45) is 0 Å². The number of carbonyl (C=O) groups is 1. The number of benzene rings is 1. The topological polar surface area (TPSA) is 67.8 Å². The number of hydrogen-bond donors (Lipinski definition) is 0. The lowest BCUT2D eigenvalue weighted by atomic mass is 10.2. The van der Waals surface area contributed by atoms with Crippen molar-refractivity contribution >= 4 is 17.9 Å². The van der Waals surface area contributed by atoms with Crippen molar-refractivity contribution in [3.8, 4) is 11.5 Å². The molecule has 0 N–H and O–H groups in total. The molecule has 3 heterocycles. The first-order chi connectivity index (χ1) is 14.2. The molecule has 0 unspecified atom stereocenters. The highest BCUT2D eigenvalue weighted by atomic mass is 16.7. The molecule has 2 aliphatic heterocycles. The molecule has 1 saturated heterocycles. The highest BCUT2D eigenvalue weighted by Crippen LogP contribution is 2.32.